The minimum Gasteiger partial charge on any atom is -0.307 e. The first kappa shape index (κ1) is 18.8. The van der Waals surface area contributed by atoms with Gasteiger partial charge in [0.05, 0.1) is 0 Å². The highest BCUT2D eigenvalue weighted by Crippen LogP contribution is 2.73. The SMILES string of the molecule is CC(NC1CC12CCN(CCC(C)(C)C)CC21CC1)c1cccc(Cl)c1. The number of rotatable bonds is 5. The van der Waals surface area contributed by atoms with Gasteiger partial charge in [0.2, 0.25) is 0 Å². The van der Waals surface area contributed by atoms with Crippen LogP contribution in [0.2, 0.25) is 5.02 Å². The number of benzene rings is 1. The summed E-state index contributed by atoms with van der Waals surface area (Å²) >= 11 is 6.18. The molecule has 2 saturated carbocycles. The van der Waals surface area contributed by atoms with Gasteiger partial charge in [0.15, 0.2) is 0 Å². The molecular formula is C23H35ClN2. The molecule has 3 heteroatoms. The third kappa shape index (κ3) is 3.57. The maximum absolute atomic E-state index is 6.18. The largest absolute Gasteiger partial charge is 0.307 e. The highest BCUT2D eigenvalue weighted by molar-refractivity contribution is 6.30. The Morgan fingerprint density at radius 1 is 1.27 bits per heavy atom. The lowest BCUT2D eigenvalue weighted by atomic mass is 9.78. The van der Waals surface area contributed by atoms with Crippen LogP contribution in [0.5, 0.6) is 0 Å². The molecule has 26 heavy (non-hydrogen) atoms. The third-order valence-corrected chi connectivity index (χ3v) is 7.60. The fourth-order valence-corrected chi connectivity index (χ4v) is 5.54. The molecule has 3 unspecified atom stereocenters. The summed E-state index contributed by atoms with van der Waals surface area (Å²) < 4.78 is 0. The van der Waals surface area contributed by atoms with Gasteiger partial charge in [0, 0.05) is 23.7 Å². The Balaban J connectivity index is 1.36. The molecule has 3 fully saturated rings. The van der Waals surface area contributed by atoms with Crippen molar-refractivity contribution in [2.75, 3.05) is 19.6 Å². The number of piperidine rings is 1. The lowest BCUT2D eigenvalue weighted by Crippen LogP contribution is -2.46. The van der Waals surface area contributed by atoms with Crippen LogP contribution in [0, 0.1) is 16.2 Å². The Morgan fingerprint density at radius 2 is 2.04 bits per heavy atom. The van der Waals surface area contributed by atoms with Gasteiger partial charge in [0.25, 0.3) is 0 Å². The molecule has 3 aliphatic rings. The molecule has 4 rings (SSSR count). The minimum atomic E-state index is 0.382. The smallest absolute Gasteiger partial charge is 0.0409 e. The minimum absolute atomic E-state index is 0.382. The molecule has 1 aromatic carbocycles. The molecule has 2 aliphatic carbocycles. The Hall–Kier alpha value is -0.570. The van der Waals surface area contributed by atoms with E-state index in [1.807, 2.05) is 6.07 Å². The highest BCUT2D eigenvalue weighted by Gasteiger charge is 2.72. The summed E-state index contributed by atoms with van der Waals surface area (Å²) in [7, 11) is 0. The molecule has 0 amide bonds. The van der Waals surface area contributed by atoms with Gasteiger partial charge in [-0.2, -0.15) is 0 Å². The zero-order valence-corrected chi connectivity index (χ0v) is 17.7. The zero-order valence-electron chi connectivity index (χ0n) is 16.9. The van der Waals surface area contributed by atoms with E-state index in [9.17, 15) is 0 Å². The molecule has 2 spiro atoms. The monoisotopic (exact) mass is 374 g/mol. The molecule has 2 nitrogen and oxygen atoms in total. The molecule has 0 radical (unpaired) electrons. The molecule has 1 saturated heterocycles. The molecule has 144 valence electrons. The molecule has 1 N–H and O–H groups in total. The number of nitrogens with zero attached hydrogens (tertiary/aromatic N) is 1. The molecule has 0 bridgehead atoms. The Morgan fingerprint density at radius 3 is 2.69 bits per heavy atom. The number of halogens is 1. The van der Waals surface area contributed by atoms with E-state index < -0.39 is 0 Å². The Kier molecular flexibility index (Phi) is 4.69. The topological polar surface area (TPSA) is 15.3 Å². The summed E-state index contributed by atoms with van der Waals surface area (Å²) in [6.45, 7) is 13.3. The average Bonchev–Trinajstić information content (AvgIpc) is 3.46. The third-order valence-electron chi connectivity index (χ3n) is 7.36. The van der Waals surface area contributed by atoms with Gasteiger partial charge >= 0.3 is 0 Å². The number of hydrogen-bond acceptors (Lipinski definition) is 2. The van der Waals surface area contributed by atoms with E-state index >= 15 is 0 Å². The van der Waals surface area contributed by atoms with Gasteiger partial charge in [-0.15, -0.1) is 0 Å². The molecule has 1 heterocycles. The van der Waals surface area contributed by atoms with Crippen LogP contribution in [0.3, 0.4) is 0 Å². The van der Waals surface area contributed by atoms with Crippen LogP contribution in [0.1, 0.15) is 71.4 Å². The fraction of sp³-hybridized carbons (Fsp3) is 0.739. The zero-order chi connectivity index (χ0) is 18.6. The van der Waals surface area contributed by atoms with Crippen LogP contribution < -0.4 is 5.32 Å². The maximum Gasteiger partial charge on any atom is 0.0409 e. The van der Waals surface area contributed by atoms with Gasteiger partial charge in [-0.25, -0.2) is 0 Å². The predicted molar refractivity (Wildman–Crippen MR) is 111 cm³/mol. The summed E-state index contributed by atoms with van der Waals surface area (Å²) in [5.74, 6) is 0. The fourth-order valence-electron chi connectivity index (χ4n) is 5.34. The second-order valence-corrected chi connectivity index (χ2v) is 10.9. The molecule has 0 aromatic heterocycles. The highest BCUT2D eigenvalue weighted by atomic mass is 35.5. The first-order chi connectivity index (χ1) is 12.2. The second-order valence-electron chi connectivity index (χ2n) is 10.5. The summed E-state index contributed by atoms with van der Waals surface area (Å²) in [6.07, 6.45) is 6.97. The van der Waals surface area contributed by atoms with Crippen molar-refractivity contribution in [3.8, 4) is 0 Å². The van der Waals surface area contributed by atoms with E-state index in [-0.39, 0.29) is 0 Å². The number of nitrogens with one attached hydrogen (secondary N) is 1. The molecular weight excluding hydrogens is 340 g/mol. The van der Waals surface area contributed by atoms with Crippen LogP contribution in [0.25, 0.3) is 0 Å². The number of fused-ring (bicyclic) bond motifs is 1. The first-order valence-electron chi connectivity index (χ1n) is 10.5. The summed E-state index contributed by atoms with van der Waals surface area (Å²) in [5, 5.41) is 4.79. The normalized spacial score (nSPS) is 31.3. The van der Waals surface area contributed by atoms with E-state index in [2.05, 4.69) is 56.1 Å². The predicted octanol–water partition coefficient (Wildman–Crippen LogP) is 5.67. The van der Waals surface area contributed by atoms with Crippen molar-refractivity contribution in [1.29, 1.82) is 0 Å². The summed E-state index contributed by atoms with van der Waals surface area (Å²) in [5.41, 5.74) is 2.96. The van der Waals surface area contributed by atoms with Crippen molar-refractivity contribution in [3.05, 3.63) is 34.9 Å². The number of likely N-dealkylation sites (tertiary alicyclic amines) is 1. The second kappa shape index (κ2) is 6.50. The summed E-state index contributed by atoms with van der Waals surface area (Å²) in [4.78, 5) is 2.76. The lowest BCUT2D eigenvalue weighted by molar-refractivity contribution is 0.0709. The van der Waals surface area contributed by atoms with E-state index in [0.717, 1.165) is 5.02 Å². The lowest BCUT2D eigenvalue weighted by Gasteiger charge is -2.41. The van der Waals surface area contributed by atoms with Gasteiger partial charge < -0.3 is 10.2 Å². The van der Waals surface area contributed by atoms with E-state index in [4.69, 9.17) is 11.6 Å². The van der Waals surface area contributed by atoms with Crippen LogP contribution in [0.4, 0.5) is 0 Å². The van der Waals surface area contributed by atoms with Gasteiger partial charge in [-0.3, -0.25) is 0 Å². The van der Waals surface area contributed by atoms with Crippen molar-refractivity contribution < 1.29 is 0 Å². The van der Waals surface area contributed by atoms with Crippen LogP contribution >= 0.6 is 11.6 Å². The standard InChI is InChI=1S/C23H35ClN2/c1-17(18-6-5-7-19(24)14-18)25-20-15-23(20)11-13-26(12-10-21(2,3)4)16-22(23)8-9-22/h5-7,14,17,20,25H,8-13,15-16H2,1-4H3. The molecule has 1 aromatic rings. The van der Waals surface area contributed by atoms with Gasteiger partial charge in [0.1, 0.15) is 0 Å². The Bertz CT molecular complexity index is 660. The van der Waals surface area contributed by atoms with E-state index in [0.29, 0.717) is 28.3 Å². The summed E-state index contributed by atoms with van der Waals surface area (Å²) in [6, 6.07) is 9.41. The van der Waals surface area contributed by atoms with E-state index in [1.165, 1.54) is 57.3 Å². The molecule has 1 aliphatic heterocycles. The average molecular weight is 375 g/mol. The first-order valence-corrected chi connectivity index (χ1v) is 10.8. The Labute approximate surface area is 164 Å². The molecule has 3 atom stereocenters. The van der Waals surface area contributed by atoms with Crippen molar-refractivity contribution in [2.24, 2.45) is 16.2 Å². The maximum atomic E-state index is 6.18. The van der Waals surface area contributed by atoms with Gasteiger partial charge in [-0.1, -0.05) is 44.5 Å². The van der Waals surface area contributed by atoms with Crippen molar-refractivity contribution in [2.45, 2.75) is 71.9 Å². The van der Waals surface area contributed by atoms with Crippen LogP contribution in [-0.2, 0) is 0 Å². The number of hydrogen-bond donors (Lipinski definition) is 1. The van der Waals surface area contributed by atoms with Crippen LogP contribution in [-0.4, -0.2) is 30.6 Å². The van der Waals surface area contributed by atoms with Crippen molar-refractivity contribution in [1.82, 2.24) is 10.2 Å². The van der Waals surface area contributed by atoms with Gasteiger partial charge in [-0.05, 0) is 86.1 Å². The van der Waals surface area contributed by atoms with Crippen LogP contribution in [0.15, 0.2) is 24.3 Å². The van der Waals surface area contributed by atoms with E-state index in [1.54, 1.807) is 0 Å². The van der Waals surface area contributed by atoms with Crippen molar-refractivity contribution in [3.63, 3.8) is 0 Å². The quantitative estimate of drug-likeness (QED) is 0.714. The van der Waals surface area contributed by atoms with Crippen molar-refractivity contribution >= 4 is 11.6 Å².